The maximum absolute atomic E-state index is 11.4. The molecule has 0 aliphatic heterocycles. The summed E-state index contributed by atoms with van der Waals surface area (Å²) in [6.07, 6.45) is 1.33. The maximum atomic E-state index is 11.4. The quantitative estimate of drug-likeness (QED) is 0.249. The van der Waals surface area contributed by atoms with Gasteiger partial charge in [-0.2, -0.15) is 5.10 Å². The van der Waals surface area contributed by atoms with Gasteiger partial charge in [0.1, 0.15) is 16.2 Å². The first-order valence-corrected chi connectivity index (χ1v) is 6.59. The average molecular weight is 341 g/mol. The first-order valence-electron chi connectivity index (χ1n) is 6.59. The minimum atomic E-state index is -1.20. The Morgan fingerprint density at radius 3 is 2.40 bits per heavy atom. The SMILES string of the molecule is O=C(O)c1cn(-c2ccccc2)nc1-c1ccc([N+](=O)[O-])o1.[N-]=[N+]=[N-]. The van der Waals surface area contributed by atoms with E-state index in [1.54, 1.807) is 24.3 Å². The highest BCUT2D eigenvalue weighted by atomic mass is 16.6. The molecule has 0 fully saturated rings. The van der Waals surface area contributed by atoms with Crippen LogP contribution in [0.4, 0.5) is 5.88 Å². The van der Waals surface area contributed by atoms with Crippen molar-refractivity contribution >= 4 is 11.9 Å². The maximum Gasteiger partial charge on any atom is 0.433 e. The number of hydrogen-bond donors (Lipinski definition) is 1. The molecule has 11 nitrogen and oxygen atoms in total. The number of carboxylic acids is 1. The highest BCUT2D eigenvalue weighted by molar-refractivity contribution is 5.94. The van der Waals surface area contributed by atoms with Gasteiger partial charge >= 0.3 is 11.9 Å². The lowest BCUT2D eigenvalue weighted by molar-refractivity contribution is -0.401. The number of furan rings is 1. The Morgan fingerprint density at radius 2 is 1.88 bits per heavy atom. The van der Waals surface area contributed by atoms with Gasteiger partial charge in [0.2, 0.25) is 0 Å². The summed E-state index contributed by atoms with van der Waals surface area (Å²) in [6.45, 7) is 0. The third kappa shape index (κ3) is 3.81. The summed E-state index contributed by atoms with van der Waals surface area (Å²) in [6, 6.07) is 11.4. The van der Waals surface area contributed by atoms with Gasteiger partial charge in [0.15, 0.2) is 5.76 Å². The predicted molar refractivity (Wildman–Crippen MR) is 85.0 cm³/mol. The summed E-state index contributed by atoms with van der Waals surface area (Å²) in [5, 5.41) is 24.1. The molecule has 2 heterocycles. The normalized spacial score (nSPS) is 9.60. The van der Waals surface area contributed by atoms with E-state index in [0.717, 1.165) is 6.07 Å². The summed E-state index contributed by atoms with van der Waals surface area (Å²) in [5.41, 5.74) is 14.1. The van der Waals surface area contributed by atoms with Gasteiger partial charge in [-0.05, 0) is 18.2 Å². The summed E-state index contributed by atoms with van der Waals surface area (Å²) in [4.78, 5) is 22.8. The number of carbonyl (C=O) groups is 1. The molecule has 0 spiro atoms. The molecule has 126 valence electrons. The molecule has 0 aliphatic carbocycles. The van der Waals surface area contributed by atoms with Crippen molar-refractivity contribution in [3.8, 4) is 17.1 Å². The van der Waals surface area contributed by atoms with Gasteiger partial charge in [-0.3, -0.25) is 15.0 Å². The minimum Gasteiger partial charge on any atom is -0.478 e. The molecule has 0 saturated heterocycles. The number of aromatic carboxylic acids is 1. The van der Waals surface area contributed by atoms with E-state index in [0.29, 0.717) is 5.69 Å². The molecule has 1 N–H and O–H groups in total. The van der Waals surface area contributed by atoms with Crippen molar-refractivity contribution in [3.05, 3.63) is 80.3 Å². The molecule has 3 aromatic rings. The van der Waals surface area contributed by atoms with Crippen molar-refractivity contribution in [2.75, 3.05) is 0 Å². The fraction of sp³-hybridized carbons (Fsp3) is 0. The van der Waals surface area contributed by atoms with Gasteiger partial charge in [-0.1, -0.05) is 18.2 Å². The number of hydrogen-bond acceptors (Lipinski definition) is 5. The van der Waals surface area contributed by atoms with Crippen molar-refractivity contribution in [2.45, 2.75) is 0 Å². The van der Waals surface area contributed by atoms with Crippen LogP contribution in [0.3, 0.4) is 0 Å². The Morgan fingerprint density at radius 1 is 1.24 bits per heavy atom. The topological polar surface area (TPSA) is 170 Å². The summed E-state index contributed by atoms with van der Waals surface area (Å²) < 4.78 is 6.41. The van der Waals surface area contributed by atoms with Gasteiger partial charge in [0, 0.05) is 6.20 Å². The number of carboxylic acid groups (broad SMARTS) is 1. The van der Waals surface area contributed by atoms with Gasteiger partial charge < -0.3 is 20.6 Å². The number of rotatable bonds is 4. The van der Waals surface area contributed by atoms with E-state index < -0.39 is 16.8 Å². The van der Waals surface area contributed by atoms with E-state index in [9.17, 15) is 20.0 Å². The van der Waals surface area contributed by atoms with Crippen molar-refractivity contribution in [3.63, 3.8) is 0 Å². The second kappa shape index (κ2) is 7.44. The largest absolute Gasteiger partial charge is 0.478 e. The second-order valence-electron chi connectivity index (χ2n) is 4.46. The molecule has 0 unspecified atom stereocenters. The molecule has 0 amide bonds. The zero-order valence-corrected chi connectivity index (χ0v) is 12.4. The van der Waals surface area contributed by atoms with E-state index in [-0.39, 0.29) is 17.0 Å². The molecule has 0 saturated carbocycles. The fourth-order valence-electron chi connectivity index (χ4n) is 1.98. The molecular formula is C14H9N6O5-. The third-order valence-corrected chi connectivity index (χ3v) is 2.97. The third-order valence-electron chi connectivity index (χ3n) is 2.97. The first kappa shape index (κ1) is 17.2. The van der Waals surface area contributed by atoms with Crippen LogP contribution < -0.4 is 0 Å². The van der Waals surface area contributed by atoms with Crippen molar-refractivity contribution < 1.29 is 19.2 Å². The number of para-hydroxylation sites is 1. The van der Waals surface area contributed by atoms with Crippen molar-refractivity contribution in [1.29, 1.82) is 0 Å². The smallest absolute Gasteiger partial charge is 0.433 e. The molecule has 25 heavy (non-hydrogen) atoms. The van der Waals surface area contributed by atoms with E-state index in [1.165, 1.54) is 21.9 Å². The molecule has 0 aliphatic rings. The molecule has 1 aromatic carbocycles. The summed E-state index contributed by atoms with van der Waals surface area (Å²) in [7, 11) is 0. The van der Waals surface area contributed by atoms with Gasteiger partial charge in [0.25, 0.3) is 0 Å². The van der Waals surface area contributed by atoms with E-state index in [1.807, 2.05) is 6.07 Å². The first-order chi connectivity index (χ1) is 12.0. The number of aromatic nitrogens is 2. The molecule has 0 bridgehead atoms. The van der Waals surface area contributed by atoms with Crippen LogP contribution in [0, 0.1) is 10.1 Å². The highest BCUT2D eigenvalue weighted by Crippen LogP contribution is 2.28. The summed E-state index contributed by atoms with van der Waals surface area (Å²) >= 11 is 0. The molecular weight excluding hydrogens is 332 g/mol. The Bertz CT molecular complexity index is 940. The van der Waals surface area contributed by atoms with Gasteiger partial charge in [0.05, 0.1) is 11.8 Å². The lowest BCUT2D eigenvalue weighted by Crippen LogP contribution is -1.96. The Labute approximate surface area is 139 Å². The minimum absolute atomic E-state index is 0.0266. The van der Waals surface area contributed by atoms with Crippen LogP contribution in [0.15, 0.2) is 53.1 Å². The van der Waals surface area contributed by atoms with Crippen molar-refractivity contribution in [2.24, 2.45) is 0 Å². The van der Waals surface area contributed by atoms with Crippen LogP contribution >= 0.6 is 0 Å². The Kier molecular flexibility index (Phi) is 5.13. The molecule has 3 rings (SSSR count). The molecule has 0 atom stereocenters. The number of benzene rings is 1. The lowest BCUT2D eigenvalue weighted by atomic mass is 10.2. The van der Waals surface area contributed by atoms with Crippen LogP contribution in [0.25, 0.3) is 33.1 Å². The molecule has 11 heteroatoms. The van der Waals surface area contributed by atoms with Crippen LogP contribution in [0.1, 0.15) is 10.4 Å². The number of nitrogens with zero attached hydrogens (tertiary/aromatic N) is 6. The van der Waals surface area contributed by atoms with Crippen LogP contribution in [0.5, 0.6) is 0 Å². The van der Waals surface area contributed by atoms with E-state index in [4.69, 9.17) is 15.5 Å². The van der Waals surface area contributed by atoms with Crippen LogP contribution in [0.2, 0.25) is 0 Å². The highest BCUT2D eigenvalue weighted by Gasteiger charge is 2.22. The zero-order valence-electron chi connectivity index (χ0n) is 12.4. The zero-order chi connectivity index (χ0) is 18.4. The average Bonchev–Trinajstić information content (AvgIpc) is 3.23. The molecule has 0 radical (unpaired) electrons. The fourth-order valence-corrected chi connectivity index (χ4v) is 1.98. The van der Waals surface area contributed by atoms with E-state index >= 15 is 0 Å². The molecule has 2 aromatic heterocycles. The van der Waals surface area contributed by atoms with Crippen molar-refractivity contribution in [1.82, 2.24) is 9.78 Å². The van der Waals surface area contributed by atoms with Crippen LogP contribution in [-0.2, 0) is 0 Å². The van der Waals surface area contributed by atoms with E-state index in [2.05, 4.69) is 5.10 Å². The van der Waals surface area contributed by atoms with Gasteiger partial charge in [-0.15, -0.1) is 0 Å². The van der Waals surface area contributed by atoms with Gasteiger partial charge in [-0.25, -0.2) is 9.48 Å². The Balaban J connectivity index is 0.000000701. The number of nitro groups is 1. The predicted octanol–water partition coefficient (Wildman–Crippen LogP) is 3.60. The lowest BCUT2D eigenvalue weighted by Gasteiger charge is -1.98. The summed E-state index contributed by atoms with van der Waals surface area (Å²) in [5.74, 6) is -1.64. The second-order valence-corrected chi connectivity index (χ2v) is 4.46. The standard InChI is InChI=1S/C14H9N3O5.N3/c18-14(19)10-8-16(9-4-2-1-3-5-9)15-13(10)11-6-7-12(22-11)17(20)21;1-3-2/h1-8H,(H,18,19);/q;-1. The monoisotopic (exact) mass is 341 g/mol. The Hall–Kier alpha value is -4.11. The van der Waals surface area contributed by atoms with Crippen LogP contribution in [-0.4, -0.2) is 25.8 Å².